The minimum absolute atomic E-state index is 0.214. The first-order valence-corrected chi connectivity index (χ1v) is 14.8. The lowest BCUT2D eigenvalue weighted by Crippen LogP contribution is -2.14. The van der Waals surface area contributed by atoms with Gasteiger partial charge in [0.25, 0.3) is 0 Å². The van der Waals surface area contributed by atoms with Crippen molar-refractivity contribution in [2.75, 3.05) is 27.9 Å². The van der Waals surface area contributed by atoms with E-state index in [1.165, 1.54) is 0 Å². The predicted octanol–water partition coefficient (Wildman–Crippen LogP) is 7.14. The van der Waals surface area contributed by atoms with Gasteiger partial charge >= 0.3 is 5.97 Å². The van der Waals surface area contributed by atoms with Crippen LogP contribution in [0.25, 0.3) is 33.1 Å². The first-order chi connectivity index (χ1) is 21.5. The summed E-state index contributed by atoms with van der Waals surface area (Å²) in [6.07, 6.45) is 0. The monoisotopic (exact) mass is 609 g/mol. The summed E-state index contributed by atoms with van der Waals surface area (Å²) in [6.45, 7) is 2.64. The fourth-order valence-electron chi connectivity index (χ4n) is 5.35. The number of rotatable bonds is 11. The van der Waals surface area contributed by atoms with Crippen molar-refractivity contribution in [2.45, 2.75) is 20.1 Å². The molecule has 0 aliphatic carbocycles. The normalized spacial score (nSPS) is 11.1. The Morgan fingerprint density at radius 1 is 0.818 bits per heavy atom. The summed E-state index contributed by atoms with van der Waals surface area (Å²) in [5.74, 6) is 1.96. The molecule has 0 saturated heterocycles. The Hall–Kier alpha value is -5.09. The number of carbonyl (C=O) groups excluding carboxylic acids is 1. The molecule has 0 atom stereocenters. The SMILES string of the molecule is CCOC(=O)c1c(-c2ccc3nsnc3c2)c2cc(OC)c(OCc3ccccc3)cc2n1Cc1cc(OC)ccc1OC. The van der Waals surface area contributed by atoms with Crippen molar-refractivity contribution in [1.29, 1.82) is 0 Å². The van der Waals surface area contributed by atoms with Crippen LogP contribution >= 0.6 is 11.7 Å². The van der Waals surface area contributed by atoms with Gasteiger partial charge in [0, 0.05) is 22.6 Å². The number of hydrogen-bond acceptors (Lipinski definition) is 9. The molecule has 4 aromatic carbocycles. The minimum Gasteiger partial charge on any atom is -0.497 e. The summed E-state index contributed by atoms with van der Waals surface area (Å²) in [4.78, 5) is 13.9. The van der Waals surface area contributed by atoms with E-state index in [4.69, 9.17) is 23.7 Å². The second kappa shape index (κ2) is 12.6. The Morgan fingerprint density at radius 3 is 2.36 bits per heavy atom. The Bertz CT molecular complexity index is 1950. The zero-order valence-corrected chi connectivity index (χ0v) is 25.6. The zero-order valence-electron chi connectivity index (χ0n) is 24.8. The van der Waals surface area contributed by atoms with Crippen molar-refractivity contribution < 1.29 is 28.5 Å². The van der Waals surface area contributed by atoms with E-state index in [-0.39, 0.29) is 13.2 Å². The van der Waals surface area contributed by atoms with Crippen LogP contribution in [0, 0.1) is 0 Å². The third-order valence-electron chi connectivity index (χ3n) is 7.41. The Labute approximate surface area is 258 Å². The molecule has 0 saturated carbocycles. The number of carbonyl (C=O) groups is 1. The van der Waals surface area contributed by atoms with E-state index in [1.807, 2.05) is 83.4 Å². The van der Waals surface area contributed by atoms with Crippen molar-refractivity contribution in [3.63, 3.8) is 0 Å². The van der Waals surface area contributed by atoms with Crippen LogP contribution in [0.4, 0.5) is 0 Å². The van der Waals surface area contributed by atoms with Gasteiger partial charge in [0.1, 0.15) is 34.8 Å². The average molecular weight is 610 g/mol. The van der Waals surface area contributed by atoms with Gasteiger partial charge in [-0.3, -0.25) is 0 Å². The van der Waals surface area contributed by atoms with Gasteiger partial charge in [0.15, 0.2) is 11.5 Å². The molecule has 0 amide bonds. The first kappa shape index (κ1) is 29.0. The highest BCUT2D eigenvalue weighted by Crippen LogP contribution is 2.43. The van der Waals surface area contributed by atoms with E-state index in [9.17, 15) is 4.79 Å². The van der Waals surface area contributed by atoms with E-state index in [0.717, 1.165) is 50.4 Å². The van der Waals surface area contributed by atoms with Crippen molar-refractivity contribution in [2.24, 2.45) is 0 Å². The van der Waals surface area contributed by atoms with E-state index in [1.54, 1.807) is 28.3 Å². The molecule has 0 aliphatic heterocycles. The largest absolute Gasteiger partial charge is 0.497 e. The molecule has 9 nitrogen and oxygen atoms in total. The summed E-state index contributed by atoms with van der Waals surface area (Å²) in [5.41, 5.74) is 6.01. The van der Waals surface area contributed by atoms with E-state index >= 15 is 0 Å². The van der Waals surface area contributed by atoms with Crippen LogP contribution in [-0.2, 0) is 17.9 Å². The quantitative estimate of drug-likeness (QED) is 0.143. The molecule has 0 radical (unpaired) electrons. The van der Waals surface area contributed by atoms with Crippen molar-refractivity contribution in [3.8, 4) is 34.1 Å². The maximum atomic E-state index is 13.9. The van der Waals surface area contributed by atoms with Crippen LogP contribution in [0.2, 0.25) is 0 Å². The van der Waals surface area contributed by atoms with Crippen LogP contribution in [-0.4, -0.2) is 47.2 Å². The molecule has 6 rings (SSSR count). The minimum atomic E-state index is -0.456. The molecule has 44 heavy (non-hydrogen) atoms. The van der Waals surface area contributed by atoms with Gasteiger partial charge in [-0.15, -0.1) is 0 Å². The van der Waals surface area contributed by atoms with E-state index in [2.05, 4.69) is 8.75 Å². The molecule has 0 aliphatic rings. The number of nitrogens with zero attached hydrogens (tertiary/aromatic N) is 3. The van der Waals surface area contributed by atoms with Gasteiger partial charge < -0.3 is 28.3 Å². The molecule has 0 bridgehead atoms. The maximum absolute atomic E-state index is 13.9. The highest BCUT2D eigenvalue weighted by atomic mass is 32.1. The maximum Gasteiger partial charge on any atom is 0.355 e. The Balaban J connectivity index is 1.62. The van der Waals surface area contributed by atoms with Crippen LogP contribution < -0.4 is 18.9 Å². The third-order valence-corrected chi connectivity index (χ3v) is 7.97. The lowest BCUT2D eigenvalue weighted by molar-refractivity contribution is 0.0516. The molecule has 0 spiro atoms. The number of esters is 1. The molecule has 0 fully saturated rings. The van der Waals surface area contributed by atoms with Gasteiger partial charge in [0.2, 0.25) is 0 Å². The van der Waals surface area contributed by atoms with Gasteiger partial charge in [-0.1, -0.05) is 36.4 Å². The number of fused-ring (bicyclic) bond motifs is 2. The average Bonchev–Trinajstić information content (AvgIpc) is 3.65. The fourth-order valence-corrected chi connectivity index (χ4v) is 5.86. The summed E-state index contributed by atoms with van der Waals surface area (Å²) in [7, 11) is 4.84. The van der Waals surface area contributed by atoms with E-state index in [0.29, 0.717) is 40.9 Å². The number of hydrogen-bond donors (Lipinski definition) is 0. The van der Waals surface area contributed by atoms with Gasteiger partial charge in [-0.2, -0.15) is 8.75 Å². The standard InChI is InChI=1S/C34H31N3O6S/c1-5-42-34(38)33-32(22-11-13-26-27(16-22)36-44-35-26)25-17-30(41-4)31(43-20-21-9-7-6-8-10-21)18-28(25)37(33)19-23-15-24(39-2)12-14-29(23)40-3/h6-18H,5,19-20H2,1-4H3. The Kier molecular flexibility index (Phi) is 8.33. The van der Waals surface area contributed by atoms with Crippen LogP contribution in [0.1, 0.15) is 28.5 Å². The molecule has 0 unspecified atom stereocenters. The lowest BCUT2D eigenvalue weighted by atomic mass is 10.0. The van der Waals surface area contributed by atoms with Gasteiger partial charge in [-0.25, -0.2) is 4.79 Å². The van der Waals surface area contributed by atoms with Crippen molar-refractivity contribution >= 4 is 39.6 Å². The second-order valence-corrected chi connectivity index (χ2v) is 10.5. The highest BCUT2D eigenvalue weighted by molar-refractivity contribution is 7.00. The molecule has 2 aromatic heterocycles. The van der Waals surface area contributed by atoms with Crippen molar-refractivity contribution in [3.05, 3.63) is 95.7 Å². The Morgan fingerprint density at radius 2 is 1.61 bits per heavy atom. The molecule has 224 valence electrons. The number of aromatic nitrogens is 3. The lowest BCUT2D eigenvalue weighted by Gasteiger charge is -2.16. The molecular formula is C34H31N3O6S. The summed E-state index contributed by atoms with van der Waals surface area (Å²) >= 11 is 1.15. The van der Waals surface area contributed by atoms with Crippen molar-refractivity contribution in [1.82, 2.24) is 13.3 Å². The summed E-state index contributed by atoms with van der Waals surface area (Å²) in [5, 5.41) is 0.793. The van der Waals surface area contributed by atoms with Gasteiger partial charge in [-0.05, 0) is 54.4 Å². The fraction of sp³-hybridized carbons (Fsp3) is 0.206. The molecule has 0 N–H and O–H groups in total. The molecule has 6 aromatic rings. The number of ether oxygens (including phenoxy) is 5. The summed E-state index contributed by atoms with van der Waals surface area (Å²) < 4.78 is 39.8. The van der Waals surface area contributed by atoms with Crippen LogP contribution in [0.5, 0.6) is 23.0 Å². The molecule has 2 heterocycles. The molecular weight excluding hydrogens is 578 g/mol. The highest BCUT2D eigenvalue weighted by Gasteiger charge is 2.28. The topological polar surface area (TPSA) is 93.9 Å². The first-order valence-electron chi connectivity index (χ1n) is 14.1. The van der Waals surface area contributed by atoms with E-state index < -0.39 is 5.97 Å². The van der Waals surface area contributed by atoms with Crippen LogP contribution in [0.3, 0.4) is 0 Å². The smallest absolute Gasteiger partial charge is 0.355 e. The van der Waals surface area contributed by atoms with Gasteiger partial charge in [0.05, 0.1) is 51.7 Å². The molecule has 10 heteroatoms. The summed E-state index contributed by atoms with van der Waals surface area (Å²) in [6, 6.07) is 25.1. The van der Waals surface area contributed by atoms with Crippen LogP contribution in [0.15, 0.2) is 78.9 Å². The second-order valence-electron chi connectivity index (χ2n) is 9.97. The zero-order chi connectivity index (χ0) is 30.6. The third kappa shape index (κ3) is 5.51. The number of benzene rings is 4. The predicted molar refractivity (Wildman–Crippen MR) is 170 cm³/mol. The number of methoxy groups -OCH3 is 3.